The second-order valence-electron chi connectivity index (χ2n) is 5.34. The minimum absolute atomic E-state index is 0.246. The van der Waals surface area contributed by atoms with Crippen molar-refractivity contribution in [3.8, 4) is 11.3 Å². The molecule has 3 nitrogen and oxygen atoms in total. The van der Waals surface area contributed by atoms with Crippen molar-refractivity contribution in [1.82, 2.24) is 9.88 Å². The topological polar surface area (TPSA) is 36.4 Å². The van der Waals surface area contributed by atoms with Gasteiger partial charge < -0.3 is 5.11 Å². The van der Waals surface area contributed by atoms with Gasteiger partial charge in [0.05, 0.1) is 5.69 Å². The molecule has 2 aromatic rings. The molecule has 21 heavy (non-hydrogen) atoms. The van der Waals surface area contributed by atoms with Gasteiger partial charge >= 0.3 is 0 Å². The summed E-state index contributed by atoms with van der Waals surface area (Å²) in [6.45, 7) is 6.48. The van der Waals surface area contributed by atoms with Crippen LogP contribution >= 0.6 is 0 Å². The number of hydrogen-bond acceptors (Lipinski definition) is 3. The summed E-state index contributed by atoms with van der Waals surface area (Å²) in [5, 5.41) is 9.08. The van der Waals surface area contributed by atoms with E-state index in [-0.39, 0.29) is 6.61 Å². The molecule has 0 saturated carbocycles. The van der Waals surface area contributed by atoms with Gasteiger partial charge in [0, 0.05) is 31.0 Å². The summed E-state index contributed by atoms with van der Waals surface area (Å²) in [6, 6.07) is 14.9. The first-order valence-electron chi connectivity index (χ1n) is 7.59. The van der Waals surface area contributed by atoms with Gasteiger partial charge in [0.1, 0.15) is 0 Å². The Morgan fingerprint density at radius 3 is 2.48 bits per heavy atom. The Labute approximate surface area is 127 Å². The predicted molar refractivity (Wildman–Crippen MR) is 86.9 cm³/mol. The van der Waals surface area contributed by atoms with Crippen LogP contribution in [0, 0.1) is 0 Å². The van der Waals surface area contributed by atoms with Gasteiger partial charge in [-0.15, -0.1) is 0 Å². The van der Waals surface area contributed by atoms with Crippen molar-refractivity contribution in [2.24, 2.45) is 0 Å². The molecule has 0 fully saturated rings. The lowest BCUT2D eigenvalue weighted by Crippen LogP contribution is -2.33. The summed E-state index contributed by atoms with van der Waals surface area (Å²) < 4.78 is 0. The predicted octanol–water partition coefficient (Wildman–Crippen LogP) is 3.34. The van der Waals surface area contributed by atoms with Crippen LogP contribution in [0.25, 0.3) is 11.3 Å². The van der Waals surface area contributed by atoms with Crippen molar-refractivity contribution in [2.45, 2.75) is 32.9 Å². The Morgan fingerprint density at radius 1 is 1.14 bits per heavy atom. The van der Waals surface area contributed by atoms with Gasteiger partial charge in [-0.25, -0.2) is 0 Å². The number of aliphatic hydroxyl groups excluding tert-OH is 1. The van der Waals surface area contributed by atoms with Gasteiger partial charge in [-0.2, -0.15) is 0 Å². The van der Waals surface area contributed by atoms with Gasteiger partial charge in [0.25, 0.3) is 0 Å². The highest BCUT2D eigenvalue weighted by Crippen LogP contribution is 2.18. The monoisotopic (exact) mass is 284 g/mol. The molecule has 1 atom stereocenters. The fraction of sp³-hybridized carbons (Fsp3) is 0.389. The van der Waals surface area contributed by atoms with Crippen molar-refractivity contribution in [2.75, 3.05) is 13.2 Å². The molecular formula is C18H24N2O. The molecule has 0 spiro atoms. The molecule has 3 heteroatoms. The highest BCUT2D eigenvalue weighted by atomic mass is 16.3. The van der Waals surface area contributed by atoms with E-state index < -0.39 is 0 Å². The molecule has 112 valence electrons. The van der Waals surface area contributed by atoms with E-state index in [2.05, 4.69) is 48.0 Å². The average Bonchev–Trinajstić information content (AvgIpc) is 2.54. The molecule has 1 aromatic carbocycles. The first-order chi connectivity index (χ1) is 10.2. The molecule has 0 aliphatic heterocycles. The molecule has 0 aliphatic rings. The van der Waals surface area contributed by atoms with Gasteiger partial charge in [-0.05, 0) is 37.6 Å². The van der Waals surface area contributed by atoms with Crippen LogP contribution in [-0.2, 0) is 6.54 Å². The third kappa shape index (κ3) is 4.38. The zero-order chi connectivity index (χ0) is 15.1. The van der Waals surface area contributed by atoms with E-state index in [1.807, 2.05) is 24.4 Å². The fourth-order valence-corrected chi connectivity index (χ4v) is 2.50. The van der Waals surface area contributed by atoms with Crippen LogP contribution < -0.4 is 0 Å². The molecule has 1 N–H and O–H groups in total. The van der Waals surface area contributed by atoms with E-state index in [9.17, 15) is 0 Å². The van der Waals surface area contributed by atoms with Crippen molar-refractivity contribution in [3.63, 3.8) is 0 Å². The SMILES string of the molecule is CCN(Cc1ccc(-c2ccccn2)cc1)C(C)CCO. The lowest BCUT2D eigenvalue weighted by atomic mass is 10.1. The Bertz CT molecular complexity index is 525. The quantitative estimate of drug-likeness (QED) is 0.847. The molecule has 1 heterocycles. The summed E-state index contributed by atoms with van der Waals surface area (Å²) >= 11 is 0. The van der Waals surface area contributed by atoms with Crippen LogP contribution in [0.15, 0.2) is 48.7 Å². The van der Waals surface area contributed by atoms with E-state index in [1.165, 1.54) is 5.56 Å². The summed E-state index contributed by atoms with van der Waals surface area (Å²) in [7, 11) is 0. The summed E-state index contributed by atoms with van der Waals surface area (Å²) in [5.41, 5.74) is 3.44. The number of benzene rings is 1. The largest absolute Gasteiger partial charge is 0.396 e. The molecule has 0 saturated heterocycles. The number of aromatic nitrogens is 1. The third-order valence-corrected chi connectivity index (χ3v) is 3.88. The van der Waals surface area contributed by atoms with Crippen molar-refractivity contribution < 1.29 is 5.11 Å². The zero-order valence-electron chi connectivity index (χ0n) is 12.9. The molecular weight excluding hydrogens is 260 g/mol. The lowest BCUT2D eigenvalue weighted by Gasteiger charge is -2.27. The standard InChI is InChI=1S/C18H24N2O/c1-3-20(15(2)11-13-21)14-16-7-9-17(10-8-16)18-6-4-5-12-19-18/h4-10,12,15,21H,3,11,13-14H2,1-2H3. The number of rotatable bonds is 7. The van der Waals surface area contributed by atoms with Crippen molar-refractivity contribution in [3.05, 3.63) is 54.2 Å². The van der Waals surface area contributed by atoms with Crippen LogP contribution in [0.5, 0.6) is 0 Å². The van der Waals surface area contributed by atoms with Crippen LogP contribution in [-0.4, -0.2) is 34.2 Å². The zero-order valence-corrected chi connectivity index (χ0v) is 12.9. The lowest BCUT2D eigenvalue weighted by molar-refractivity contribution is 0.167. The average molecular weight is 284 g/mol. The first-order valence-corrected chi connectivity index (χ1v) is 7.59. The molecule has 0 amide bonds. The number of aliphatic hydroxyl groups is 1. The minimum Gasteiger partial charge on any atom is -0.396 e. The van der Waals surface area contributed by atoms with Crippen LogP contribution in [0.4, 0.5) is 0 Å². The minimum atomic E-state index is 0.246. The maximum Gasteiger partial charge on any atom is 0.0701 e. The molecule has 0 bridgehead atoms. The van der Waals surface area contributed by atoms with E-state index in [0.29, 0.717) is 6.04 Å². The molecule has 1 aromatic heterocycles. The number of pyridine rings is 1. The van der Waals surface area contributed by atoms with Crippen molar-refractivity contribution >= 4 is 0 Å². The third-order valence-electron chi connectivity index (χ3n) is 3.88. The van der Waals surface area contributed by atoms with E-state index >= 15 is 0 Å². The first kappa shape index (κ1) is 15.7. The van der Waals surface area contributed by atoms with E-state index in [4.69, 9.17) is 5.11 Å². The van der Waals surface area contributed by atoms with E-state index in [0.717, 1.165) is 30.8 Å². The number of hydrogen-bond donors (Lipinski definition) is 1. The summed E-state index contributed by atoms with van der Waals surface area (Å²) in [6.07, 6.45) is 2.64. The van der Waals surface area contributed by atoms with Crippen LogP contribution in [0.2, 0.25) is 0 Å². The van der Waals surface area contributed by atoms with Crippen molar-refractivity contribution in [1.29, 1.82) is 0 Å². The highest BCUT2D eigenvalue weighted by Gasteiger charge is 2.11. The van der Waals surface area contributed by atoms with E-state index in [1.54, 1.807) is 0 Å². The Morgan fingerprint density at radius 2 is 1.90 bits per heavy atom. The summed E-state index contributed by atoms with van der Waals surface area (Å²) in [5.74, 6) is 0. The Kier molecular flexibility index (Phi) is 5.90. The molecule has 1 unspecified atom stereocenters. The number of nitrogens with zero attached hydrogens (tertiary/aromatic N) is 2. The highest BCUT2D eigenvalue weighted by molar-refractivity contribution is 5.58. The Hall–Kier alpha value is -1.71. The maximum absolute atomic E-state index is 9.08. The Balaban J connectivity index is 2.05. The van der Waals surface area contributed by atoms with Gasteiger partial charge in [-0.1, -0.05) is 37.3 Å². The molecule has 2 rings (SSSR count). The molecule has 0 radical (unpaired) electrons. The maximum atomic E-state index is 9.08. The fourth-order valence-electron chi connectivity index (χ4n) is 2.50. The normalized spacial score (nSPS) is 12.6. The van der Waals surface area contributed by atoms with Crippen LogP contribution in [0.1, 0.15) is 25.8 Å². The molecule has 0 aliphatic carbocycles. The van der Waals surface area contributed by atoms with Crippen LogP contribution in [0.3, 0.4) is 0 Å². The second-order valence-corrected chi connectivity index (χ2v) is 5.34. The van der Waals surface area contributed by atoms with Gasteiger partial charge in [0.2, 0.25) is 0 Å². The smallest absolute Gasteiger partial charge is 0.0701 e. The second kappa shape index (κ2) is 7.91. The van der Waals surface area contributed by atoms with Gasteiger partial charge in [0.15, 0.2) is 0 Å². The summed E-state index contributed by atoms with van der Waals surface area (Å²) in [4.78, 5) is 6.75. The van der Waals surface area contributed by atoms with Gasteiger partial charge in [-0.3, -0.25) is 9.88 Å².